The first-order valence-corrected chi connectivity index (χ1v) is 7.50. The highest BCUT2D eigenvalue weighted by atomic mass is 16.5. The quantitative estimate of drug-likeness (QED) is 0.904. The van der Waals surface area contributed by atoms with Crippen molar-refractivity contribution in [3.63, 3.8) is 0 Å². The van der Waals surface area contributed by atoms with E-state index < -0.39 is 0 Å². The van der Waals surface area contributed by atoms with Crippen LogP contribution in [-0.2, 0) is 6.54 Å². The van der Waals surface area contributed by atoms with E-state index in [1.54, 1.807) is 0 Å². The second kappa shape index (κ2) is 4.08. The molecule has 0 saturated heterocycles. The molecule has 3 rings (SSSR count). The van der Waals surface area contributed by atoms with Crippen LogP contribution >= 0.6 is 0 Å². The first-order valence-electron chi connectivity index (χ1n) is 7.50. The molecule has 1 N–H and O–H groups in total. The molecule has 106 valence electrons. The Morgan fingerprint density at radius 2 is 2.05 bits per heavy atom. The van der Waals surface area contributed by atoms with Crippen LogP contribution in [0.1, 0.15) is 57.1 Å². The second-order valence-corrected chi connectivity index (χ2v) is 7.53. The van der Waals surface area contributed by atoms with Crippen molar-refractivity contribution in [3.8, 4) is 0 Å². The molecule has 0 radical (unpaired) electrons. The Hall–Kier alpha value is -0.830. The summed E-state index contributed by atoms with van der Waals surface area (Å²) in [5, 5.41) is 7.88. The zero-order chi connectivity index (χ0) is 13.8. The molecule has 0 spiro atoms. The zero-order valence-electron chi connectivity index (χ0n) is 12.8. The molecular formula is C16H26N2O. The van der Waals surface area contributed by atoms with Gasteiger partial charge in [0, 0.05) is 18.2 Å². The van der Waals surface area contributed by atoms with Gasteiger partial charge in [0.05, 0.1) is 5.69 Å². The van der Waals surface area contributed by atoms with E-state index in [2.05, 4.69) is 31.2 Å². The third-order valence-corrected chi connectivity index (χ3v) is 5.93. The van der Waals surface area contributed by atoms with Gasteiger partial charge in [-0.25, -0.2) is 0 Å². The Labute approximate surface area is 116 Å². The average Bonchev–Trinajstić information content (AvgIpc) is 2.91. The van der Waals surface area contributed by atoms with Crippen molar-refractivity contribution in [3.05, 3.63) is 17.0 Å². The smallest absolute Gasteiger partial charge is 0.138 e. The fraction of sp³-hybridized carbons (Fsp3) is 0.812. The Morgan fingerprint density at radius 3 is 2.58 bits per heavy atom. The second-order valence-electron chi connectivity index (χ2n) is 7.53. The summed E-state index contributed by atoms with van der Waals surface area (Å²) in [6.07, 6.45) is 4.17. The molecular weight excluding hydrogens is 236 g/mol. The summed E-state index contributed by atoms with van der Waals surface area (Å²) >= 11 is 0. The number of nitrogens with zero attached hydrogens (tertiary/aromatic N) is 1. The fourth-order valence-electron chi connectivity index (χ4n) is 4.77. The molecule has 3 heteroatoms. The summed E-state index contributed by atoms with van der Waals surface area (Å²) in [5.41, 5.74) is 3.15. The van der Waals surface area contributed by atoms with Gasteiger partial charge in [-0.3, -0.25) is 0 Å². The van der Waals surface area contributed by atoms with Gasteiger partial charge in [-0.1, -0.05) is 25.9 Å². The number of hydrogen-bond donors (Lipinski definition) is 1. The van der Waals surface area contributed by atoms with Crippen molar-refractivity contribution in [1.82, 2.24) is 10.5 Å². The maximum Gasteiger partial charge on any atom is 0.138 e. The molecule has 1 unspecified atom stereocenters. The number of hydrogen-bond acceptors (Lipinski definition) is 3. The topological polar surface area (TPSA) is 38.1 Å². The maximum atomic E-state index is 5.26. The third kappa shape index (κ3) is 1.85. The predicted octanol–water partition coefficient (Wildman–Crippen LogP) is 3.60. The van der Waals surface area contributed by atoms with Crippen molar-refractivity contribution in [2.75, 3.05) is 0 Å². The van der Waals surface area contributed by atoms with Crippen LogP contribution in [0.25, 0.3) is 0 Å². The molecule has 0 aromatic carbocycles. The van der Waals surface area contributed by atoms with Gasteiger partial charge in [-0.15, -0.1) is 0 Å². The van der Waals surface area contributed by atoms with Crippen molar-refractivity contribution in [2.45, 2.75) is 66.5 Å². The van der Waals surface area contributed by atoms with Crippen LogP contribution in [0.5, 0.6) is 0 Å². The van der Waals surface area contributed by atoms with Gasteiger partial charge < -0.3 is 9.84 Å². The molecule has 0 aliphatic heterocycles. The van der Waals surface area contributed by atoms with Crippen molar-refractivity contribution < 1.29 is 4.52 Å². The Bertz CT molecular complexity index is 467. The Morgan fingerprint density at radius 1 is 1.32 bits per heavy atom. The number of aromatic nitrogens is 1. The van der Waals surface area contributed by atoms with Gasteiger partial charge in [0.2, 0.25) is 0 Å². The lowest BCUT2D eigenvalue weighted by molar-refractivity contribution is 0.108. The normalized spacial score (nSPS) is 36.1. The molecule has 2 saturated carbocycles. The molecule has 1 aromatic heterocycles. The summed E-state index contributed by atoms with van der Waals surface area (Å²) < 4.78 is 5.26. The van der Waals surface area contributed by atoms with Gasteiger partial charge in [0.1, 0.15) is 5.76 Å². The van der Waals surface area contributed by atoms with E-state index in [4.69, 9.17) is 4.52 Å². The third-order valence-electron chi connectivity index (χ3n) is 5.93. The minimum atomic E-state index is 0.409. The summed E-state index contributed by atoms with van der Waals surface area (Å²) in [5.74, 6) is 1.84. The number of rotatable bonds is 3. The van der Waals surface area contributed by atoms with E-state index in [1.807, 2.05) is 13.8 Å². The molecule has 1 heterocycles. The SMILES string of the molecule is Cc1noc(C)c1CNC1C(C)(C)[C@H]2CC[C@]1(C)C2. The van der Waals surface area contributed by atoms with E-state index >= 15 is 0 Å². The predicted molar refractivity (Wildman–Crippen MR) is 75.8 cm³/mol. The van der Waals surface area contributed by atoms with E-state index in [0.29, 0.717) is 16.9 Å². The highest BCUT2D eigenvalue weighted by Crippen LogP contribution is 2.62. The molecule has 2 aliphatic rings. The van der Waals surface area contributed by atoms with Crippen LogP contribution in [0.15, 0.2) is 4.52 Å². The lowest BCUT2D eigenvalue weighted by Gasteiger charge is -2.43. The average molecular weight is 262 g/mol. The molecule has 19 heavy (non-hydrogen) atoms. The largest absolute Gasteiger partial charge is 0.361 e. The van der Waals surface area contributed by atoms with Crippen LogP contribution in [0, 0.1) is 30.6 Å². The molecule has 2 fully saturated rings. The summed E-state index contributed by atoms with van der Waals surface area (Å²) in [4.78, 5) is 0. The van der Waals surface area contributed by atoms with E-state index in [-0.39, 0.29) is 0 Å². The van der Waals surface area contributed by atoms with Gasteiger partial charge >= 0.3 is 0 Å². The molecule has 3 nitrogen and oxygen atoms in total. The highest BCUT2D eigenvalue weighted by molar-refractivity contribution is 5.21. The van der Waals surface area contributed by atoms with Crippen molar-refractivity contribution in [1.29, 1.82) is 0 Å². The van der Waals surface area contributed by atoms with Gasteiger partial charge in [0.25, 0.3) is 0 Å². The lowest BCUT2D eigenvalue weighted by Crippen LogP contribution is -2.50. The first-order chi connectivity index (χ1) is 8.84. The highest BCUT2D eigenvalue weighted by Gasteiger charge is 2.58. The van der Waals surface area contributed by atoms with Gasteiger partial charge in [0.15, 0.2) is 0 Å². The fourth-order valence-corrected chi connectivity index (χ4v) is 4.77. The Balaban J connectivity index is 1.77. The first kappa shape index (κ1) is 13.2. The summed E-state index contributed by atoms with van der Waals surface area (Å²) in [6.45, 7) is 12.3. The van der Waals surface area contributed by atoms with E-state index in [0.717, 1.165) is 23.9 Å². The molecule has 0 amide bonds. The van der Waals surface area contributed by atoms with E-state index in [1.165, 1.54) is 24.8 Å². The minimum absolute atomic E-state index is 0.409. The number of aryl methyl sites for hydroxylation is 2. The maximum absolute atomic E-state index is 5.26. The van der Waals surface area contributed by atoms with Crippen LogP contribution in [0.2, 0.25) is 0 Å². The lowest BCUT2D eigenvalue weighted by atomic mass is 9.68. The van der Waals surface area contributed by atoms with Crippen LogP contribution in [-0.4, -0.2) is 11.2 Å². The monoisotopic (exact) mass is 262 g/mol. The number of fused-ring (bicyclic) bond motifs is 2. The zero-order valence-corrected chi connectivity index (χ0v) is 12.8. The summed E-state index contributed by atoms with van der Waals surface area (Å²) in [7, 11) is 0. The molecule has 2 bridgehead atoms. The van der Waals surface area contributed by atoms with Gasteiger partial charge in [-0.2, -0.15) is 0 Å². The van der Waals surface area contributed by atoms with Crippen molar-refractivity contribution >= 4 is 0 Å². The molecule has 3 atom stereocenters. The van der Waals surface area contributed by atoms with Gasteiger partial charge in [-0.05, 0) is 49.9 Å². The van der Waals surface area contributed by atoms with Crippen molar-refractivity contribution in [2.24, 2.45) is 16.7 Å². The minimum Gasteiger partial charge on any atom is -0.361 e. The Kier molecular flexibility index (Phi) is 2.83. The van der Waals surface area contributed by atoms with Crippen LogP contribution < -0.4 is 5.32 Å². The number of nitrogens with one attached hydrogen (secondary N) is 1. The molecule has 1 aromatic rings. The molecule has 2 aliphatic carbocycles. The standard InChI is InChI=1S/C16H26N2O/c1-10-13(11(2)19-18-10)9-17-14-15(3,4)12-6-7-16(14,5)8-12/h12,14,17H,6-9H2,1-5H3/t12-,14?,16+/m0/s1. The van der Waals surface area contributed by atoms with Crippen LogP contribution in [0.4, 0.5) is 0 Å². The van der Waals surface area contributed by atoms with Crippen LogP contribution in [0.3, 0.4) is 0 Å². The summed E-state index contributed by atoms with van der Waals surface area (Å²) in [6, 6.07) is 0.604. The van der Waals surface area contributed by atoms with E-state index in [9.17, 15) is 0 Å².